The van der Waals surface area contributed by atoms with Crippen LogP contribution in [0.4, 0.5) is 0 Å². The fourth-order valence-electron chi connectivity index (χ4n) is 3.54. The minimum absolute atomic E-state index is 0.112. The molecule has 8 heteroatoms. The van der Waals surface area contributed by atoms with Gasteiger partial charge >= 0.3 is 5.97 Å². The fraction of sp³-hybridized carbons (Fsp3) is 0.214. The van der Waals surface area contributed by atoms with Gasteiger partial charge < -0.3 is 9.15 Å². The van der Waals surface area contributed by atoms with Gasteiger partial charge in [0.25, 0.3) is 0 Å². The molecule has 0 amide bonds. The first-order valence-electron chi connectivity index (χ1n) is 11.9. The van der Waals surface area contributed by atoms with Crippen molar-refractivity contribution in [2.24, 2.45) is 0 Å². The first kappa shape index (κ1) is 25.3. The summed E-state index contributed by atoms with van der Waals surface area (Å²) in [6, 6.07) is 25.9. The first-order valence-corrected chi connectivity index (χ1v) is 12.7. The molecule has 2 radical (unpaired) electrons. The van der Waals surface area contributed by atoms with Crippen LogP contribution in [0.5, 0.6) is 0 Å². The maximum atomic E-state index is 12.2. The van der Waals surface area contributed by atoms with E-state index in [4.69, 9.17) is 17.0 Å². The topological polar surface area (TPSA) is 78.1 Å². The van der Waals surface area contributed by atoms with E-state index in [1.807, 2.05) is 68.4 Å². The molecule has 0 N–H and O–H groups in total. The molecule has 5 aromatic rings. The van der Waals surface area contributed by atoms with E-state index in [1.165, 1.54) is 5.56 Å². The van der Waals surface area contributed by atoms with E-state index in [2.05, 4.69) is 39.4 Å². The van der Waals surface area contributed by atoms with Crippen molar-refractivity contribution in [2.75, 3.05) is 0 Å². The van der Waals surface area contributed by atoms with Gasteiger partial charge in [-0.25, -0.2) is 4.98 Å². The Morgan fingerprint density at radius 2 is 1.64 bits per heavy atom. The molecule has 0 spiro atoms. The number of esters is 1. The number of carbonyl (C=O) groups excluding carboxylic acids is 1. The van der Waals surface area contributed by atoms with Gasteiger partial charge in [-0.15, -0.1) is 21.5 Å². The highest BCUT2D eigenvalue weighted by Gasteiger charge is 2.19. The molecule has 2 aromatic heterocycles. The zero-order valence-corrected chi connectivity index (χ0v) is 21.1. The maximum absolute atomic E-state index is 12.2. The molecular weight excluding hydrogens is 469 g/mol. The zero-order valence-electron chi connectivity index (χ0n) is 20.3. The van der Waals surface area contributed by atoms with Crippen LogP contribution in [-0.2, 0) is 29.0 Å². The second kappa shape index (κ2) is 12.3. The predicted molar refractivity (Wildman–Crippen MR) is 143 cm³/mol. The molecule has 1 atom stereocenters. The Hall–Kier alpha value is -3.78. The van der Waals surface area contributed by atoms with Gasteiger partial charge in [-0.3, -0.25) is 4.79 Å². The summed E-state index contributed by atoms with van der Waals surface area (Å²) in [5.74, 6) is -0.659. The Balaban J connectivity index is 0.00000148. The average molecular weight is 495 g/mol. The highest BCUT2D eigenvalue weighted by atomic mass is 32.1. The van der Waals surface area contributed by atoms with Crippen molar-refractivity contribution in [3.8, 4) is 11.1 Å². The van der Waals surface area contributed by atoms with Gasteiger partial charge in [-0.05, 0) is 28.8 Å². The minimum atomic E-state index is -0.879. The van der Waals surface area contributed by atoms with Crippen LogP contribution in [0, 0.1) is 0 Å². The predicted octanol–water partition coefficient (Wildman–Crippen LogP) is 6.21. The average Bonchev–Trinajstić information content (AvgIpc) is 3.55. The fourth-order valence-corrected chi connectivity index (χ4v) is 4.53. The van der Waals surface area contributed by atoms with Crippen LogP contribution in [0.25, 0.3) is 21.3 Å². The highest BCUT2D eigenvalue weighted by molar-refractivity contribution is 7.18. The van der Waals surface area contributed by atoms with Crippen LogP contribution in [0.2, 0.25) is 5.82 Å². The molecule has 0 unspecified atom stereocenters. The van der Waals surface area contributed by atoms with Gasteiger partial charge in [0.05, 0.1) is 24.5 Å². The quantitative estimate of drug-likeness (QED) is 0.188. The summed E-state index contributed by atoms with van der Waals surface area (Å²) in [7, 11) is 5.98. The number of rotatable bonds is 8. The molecule has 0 saturated heterocycles. The van der Waals surface area contributed by atoms with Crippen molar-refractivity contribution in [1.82, 2.24) is 15.2 Å². The lowest BCUT2D eigenvalue weighted by Gasteiger charge is -2.09. The molecule has 3 aromatic carbocycles. The SMILES string of the molecule is CC.[B][C@@H](Cc1nnc(Cc2nc3ccc(-c4ccccc4)cc3s2)o1)C(=O)OCc1ccccc1. The van der Waals surface area contributed by atoms with E-state index in [9.17, 15) is 4.79 Å². The zero-order chi connectivity index (χ0) is 25.3. The van der Waals surface area contributed by atoms with E-state index in [1.54, 1.807) is 11.3 Å². The molecule has 36 heavy (non-hydrogen) atoms. The van der Waals surface area contributed by atoms with E-state index in [0.29, 0.717) is 18.2 Å². The highest BCUT2D eigenvalue weighted by Crippen LogP contribution is 2.29. The number of thiazole rings is 1. The second-order valence-electron chi connectivity index (χ2n) is 7.83. The number of ether oxygens (including phenoxy) is 1. The van der Waals surface area contributed by atoms with E-state index in [-0.39, 0.29) is 13.0 Å². The van der Waals surface area contributed by atoms with Gasteiger partial charge in [0, 0.05) is 12.2 Å². The summed E-state index contributed by atoms with van der Waals surface area (Å²) >= 11 is 1.60. The van der Waals surface area contributed by atoms with Crippen molar-refractivity contribution < 1.29 is 13.9 Å². The number of carbonyl (C=O) groups is 1. The van der Waals surface area contributed by atoms with Crippen LogP contribution in [0.15, 0.2) is 83.3 Å². The van der Waals surface area contributed by atoms with Crippen LogP contribution in [0.3, 0.4) is 0 Å². The summed E-state index contributed by atoms with van der Waals surface area (Å²) in [6.45, 7) is 4.17. The summed E-state index contributed by atoms with van der Waals surface area (Å²) in [6.07, 6.45) is 0.529. The number of benzene rings is 3. The Morgan fingerprint density at radius 3 is 2.39 bits per heavy atom. The van der Waals surface area contributed by atoms with Gasteiger partial charge in [0.1, 0.15) is 11.6 Å². The standard InChI is InChI=1S/C26H20BN3O3S.C2H6/c27-20(26(31)32-16-17-7-3-1-4-8-17)14-23-29-30-24(33-23)15-25-28-21-12-11-19(13-22(21)34-25)18-9-5-2-6-10-18;1-2/h1-13,20H,14-16H2;1-2H3/t20-;/m0./s1. The third kappa shape index (κ3) is 6.46. The van der Waals surface area contributed by atoms with Crippen molar-refractivity contribution in [3.63, 3.8) is 0 Å². The monoisotopic (exact) mass is 495 g/mol. The molecule has 0 aliphatic heterocycles. The van der Waals surface area contributed by atoms with Crippen molar-refractivity contribution >= 4 is 35.4 Å². The van der Waals surface area contributed by atoms with E-state index >= 15 is 0 Å². The molecule has 6 nitrogen and oxygen atoms in total. The van der Waals surface area contributed by atoms with Gasteiger partial charge in [-0.1, -0.05) is 80.6 Å². The Morgan fingerprint density at radius 1 is 0.944 bits per heavy atom. The molecular formula is C28H26BN3O3S. The summed E-state index contributed by atoms with van der Waals surface area (Å²) in [5.41, 5.74) is 4.15. The third-order valence-electron chi connectivity index (χ3n) is 5.27. The molecule has 0 fully saturated rings. The largest absolute Gasteiger partial charge is 0.461 e. The Bertz CT molecular complexity index is 1400. The van der Waals surface area contributed by atoms with Crippen LogP contribution in [0.1, 0.15) is 36.2 Å². The second-order valence-corrected chi connectivity index (χ2v) is 8.94. The summed E-state index contributed by atoms with van der Waals surface area (Å²) < 4.78 is 12.1. The molecule has 5 rings (SSSR count). The number of hydrogen-bond acceptors (Lipinski definition) is 7. The van der Waals surface area contributed by atoms with Crippen molar-refractivity contribution in [1.29, 1.82) is 0 Å². The molecule has 180 valence electrons. The molecule has 0 bridgehead atoms. The number of aromatic nitrogens is 3. The lowest BCUT2D eigenvalue weighted by atomic mass is 9.84. The molecule has 2 heterocycles. The number of fused-ring (bicyclic) bond motifs is 1. The van der Waals surface area contributed by atoms with Gasteiger partial charge in [-0.2, -0.15) is 0 Å². The van der Waals surface area contributed by atoms with Crippen LogP contribution < -0.4 is 0 Å². The molecule has 0 aliphatic carbocycles. The van der Waals surface area contributed by atoms with Gasteiger partial charge in [0.15, 0.2) is 0 Å². The lowest BCUT2D eigenvalue weighted by molar-refractivity contribution is -0.144. The minimum Gasteiger partial charge on any atom is -0.461 e. The Kier molecular flexibility index (Phi) is 8.63. The van der Waals surface area contributed by atoms with Crippen molar-refractivity contribution in [3.05, 3.63) is 101 Å². The van der Waals surface area contributed by atoms with E-state index < -0.39 is 11.8 Å². The normalized spacial score (nSPS) is 11.5. The third-order valence-corrected chi connectivity index (χ3v) is 6.29. The smallest absolute Gasteiger partial charge is 0.300 e. The maximum Gasteiger partial charge on any atom is 0.300 e. The van der Waals surface area contributed by atoms with Crippen LogP contribution in [-0.4, -0.2) is 29.0 Å². The summed E-state index contributed by atoms with van der Waals surface area (Å²) in [4.78, 5) is 16.9. The Labute approximate surface area is 215 Å². The molecule has 0 aliphatic rings. The number of hydrogen-bond donors (Lipinski definition) is 0. The van der Waals surface area contributed by atoms with Crippen molar-refractivity contribution in [2.45, 2.75) is 39.1 Å². The summed E-state index contributed by atoms with van der Waals surface area (Å²) in [5, 5.41) is 9.01. The first-order chi connectivity index (χ1) is 17.6. The van der Waals surface area contributed by atoms with Crippen LogP contribution >= 0.6 is 11.3 Å². The lowest BCUT2D eigenvalue weighted by Crippen LogP contribution is -2.15. The molecule has 0 saturated carbocycles. The number of nitrogens with zero attached hydrogens (tertiary/aromatic N) is 3. The van der Waals surface area contributed by atoms with E-state index in [0.717, 1.165) is 26.4 Å². The van der Waals surface area contributed by atoms with Gasteiger partial charge in [0.2, 0.25) is 11.8 Å².